The monoisotopic (exact) mass is 356 g/mol. The molecule has 1 heterocycles. The van der Waals surface area contributed by atoms with Crippen molar-refractivity contribution < 1.29 is 9.63 Å². The van der Waals surface area contributed by atoms with Crippen LogP contribution < -0.4 is 0 Å². The molecule has 0 unspecified atom stereocenters. The Kier molecular flexibility index (Phi) is 5.71. The third-order valence-corrected chi connectivity index (χ3v) is 4.42. The van der Waals surface area contributed by atoms with Crippen LogP contribution in [0.5, 0.6) is 0 Å². The maximum Gasteiger partial charge on any atom is 0.222 e. The van der Waals surface area contributed by atoms with Gasteiger partial charge in [-0.2, -0.15) is 0 Å². The normalized spacial score (nSPS) is 16.2. The van der Waals surface area contributed by atoms with E-state index in [1.807, 2.05) is 66.4 Å². The number of halogens is 1. The standard InChI is InChI=1S/C20H21ClN2O2/c1-2-20(24)23(13-15-7-6-10-17(21)11-15)14-18-12-19(22-25-18)16-8-4-3-5-9-16/h3-11,18H,2,12-14H2,1H3/t18-/m1/s1. The molecule has 0 saturated heterocycles. The molecule has 130 valence electrons. The molecular formula is C20H21ClN2O2. The Morgan fingerprint density at radius 3 is 2.76 bits per heavy atom. The fourth-order valence-corrected chi connectivity index (χ4v) is 3.12. The SMILES string of the molecule is CCC(=O)N(Cc1cccc(Cl)c1)C[C@H]1CC(c2ccccc2)=NO1. The number of oxime groups is 1. The highest BCUT2D eigenvalue weighted by molar-refractivity contribution is 6.30. The largest absolute Gasteiger partial charge is 0.390 e. The highest BCUT2D eigenvalue weighted by Crippen LogP contribution is 2.19. The summed E-state index contributed by atoms with van der Waals surface area (Å²) < 4.78 is 0. The lowest BCUT2D eigenvalue weighted by molar-refractivity contribution is -0.133. The smallest absolute Gasteiger partial charge is 0.222 e. The van der Waals surface area contributed by atoms with Gasteiger partial charge in [-0.3, -0.25) is 4.79 Å². The minimum atomic E-state index is -0.120. The van der Waals surface area contributed by atoms with Crippen LogP contribution in [0.3, 0.4) is 0 Å². The number of rotatable bonds is 6. The van der Waals surface area contributed by atoms with Crippen molar-refractivity contribution in [1.82, 2.24) is 4.90 Å². The van der Waals surface area contributed by atoms with Gasteiger partial charge in [0.25, 0.3) is 0 Å². The number of carbonyl (C=O) groups excluding carboxylic acids is 1. The third kappa shape index (κ3) is 4.60. The van der Waals surface area contributed by atoms with Crippen molar-refractivity contribution in [3.05, 3.63) is 70.7 Å². The van der Waals surface area contributed by atoms with Crippen LogP contribution >= 0.6 is 11.6 Å². The minimum absolute atomic E-state index is 0.0942. The molecule has 0 fully saturated rings. The Hall–Kier alpha value is -2.33. The van der Waals surface area contributed by atoms with Crippen LogP contribution in [0.15, 0.2) is 59.8 Å². The molecule has 0 aromatic heterocycles. The molecule has 0 saturated carbocycles. The van der Waals surface area contributed by atoms with Crippen molar-refractivity contribution in [2.24, 2.45) is 5.16 Å². The van der Waals surface area contributed by atoms with Crippen molar-refractivity contribution >= 4 is 23.2 Å². The quantitative estimate of drug-likeness (QED) is 0.775. The van der Waals surface area contributed by atoms with Gasteiger partial charge in [0, 0.05) is 24.4 Å². The first-order valence-electron chi connectivity index (χ1n) is 8.46. The summed E-state index contributed by atoms with van der Waals surface area (Å²) in [4.78, 5) is 19.7. The van der Waals surface area contributed by atoms with Crippen LogP contribution in [0.25, 0.3) is 0 Å². The fraction of sp³-hybridized carbons (Fsp3) is 0.300. The van der Waals surface area contributed by atoms with Crippen molar-refractivity contribution in [3.8, 4) is 0 Å². The van der Waals surface area contributed by atoms with Gasteiger partial charge in [-0.15, -0.1) is 0 Å². The molecule has 1 aliphatic heterocycles. The van der Waals surface area contributed by atoms with Gasteiger partial charge in [0.1, 0.15) is 0 Å². The van der Waals surface area contributed by atoms with E-state index in [9.17, 15) is 4.79 Å². The molecule has 0 spiro atoms. The van der Waals surface area contributed by atoms with Crippen molar-refractivity contribution in [3.63, 3.8) is 0 Å². The Morgan fingerprint density at radius 2 is 2.04 bits per heavy atom. The number of hydrogen-bond acceptors (Lipinski definition) is 3. The first kappa shape index (κ1) is 17.5. The van der Waals surface area contributed by atoms with Gasteiger partial charge in [0.2, 0.25) is 5.91 Å². The molecule has 1 aliphatic rings. The zero-order chi connectivity index (χ0) is 17.6. The van der Waals surface area contributed by atoms with Gasteiger partial charge < -0.3 is 9.74 Å². The van der Waals surface area contributed by atoms with Gasteiger partial charge in [0.15, 0.2) is 6.10 Å². The van der Waals surface area contributed by atoms with Crippen LogP contribution in [0.1, 0.15) is 30.9 Å². The lowest BCUT2D eigenvalue weighted by Gasteiger charge is -2.24. The molecule has 0 radical (unpaired) electrons. The maximum atomic E-state index is 12.3. The first-order chi connectivity index (χ1) is 12.2. The summed E-state index contributed by atoms with van der Waals surface area (Å²) in [5, 5.41) is 4.88. The molecule has 0 N–H and O–H groups in total. The highest BCUT2D eigenvalue weighted by atomic mass is 35.5. The molecule has 0 aliphatic carbocycles. The highest BCUT2D eigenvalue weighted by Gasteiger charge is 2.26. The summed E-state index contributed by atoms with van der Waals surface area (Å²) in [6, 6.07) is 17.6. The molecule has 2 aromatic carbocycles. The average Bonchev–Trinajstić information content (AvgIpc) is 3.10. The summed E-state index contributed by atoms with van der Waals surface area (Å²) in [7, 11) is 0. The molecule has 5 heteroatoms. The van der Waals surface area contributed by atoms with E-state index in [0.717, 1.165) is 16.8 Å². The van der Waals surface area contributed by atoms with Crippen LogP contribution in [0.2, 0.25) is 5.02 Å². The van der Waals surface area contributed by atoms with Crippen molar-refractivity contribution in [2.45, 2.75) is 32.4 Å². The molecule has 25 heavy (non-hydrogen) atoms. The molecular weight excluding hydrogens is 336 g/mol. The molecule has 2 aromatic rings. The molecule has 1 amide bonds. The lowest BCUT2D eigenvalue weighted by atomic mass is 10.0. The van der Waals surface area contributed by atoms with E-state index >= 15 is 0 Å². The van der Waals surface area contributed by atoms with E-state index < -0.39 is 0 Å². The number of nitrogens with zero attached hydrogens (tertiary/aromatic N) is 2. The average molecular weight is 357 g/mol. The van der Waals surface area contributed by atoms with E-state index in [0.29, 0.717) is 31.0 Å². The van der Waals surface area contributed by atoms with Gasteiger partial charge >= 0.3 is 0 Å². The van der Waals surface area contributed by atoms with Crippen molar-refractivity contribution in [1.29, 1.82) is 0 Å². The zero-order valence-electron chi connectivity index (χ0n) is 14.2. The number of amides is 1. The zero-order valence-corrected chi connectivity index (χ0v) is 14.9. The lowest BCUT2D eigenvalue weighted by Crippen LogP contribution is -2.36. The summed E-state index contributed by atoms with van der Waals surface area (Å²) in [6.07, 6.45) is 1.04. The van der Waals surface area contributed by atoms with E-state index in [1.165, 1.54) is 0 Å². The Labute approximate surface area is 153 Å². The van der Waals surface area contributed by atoms with Crippen LogP contribution in [-0.2, 0) is 16.2 Å². The summed E-state index contributed by atoms with van der Waals surface area (Å²) in [6.45, 7) is 2.90. The Morgan fingerprint density at radius 1 is 1.24 bits per heavy atom. The molecule has 0 bridgehead atoms. The first-order valence-corrected chi connectivity index (χ1v) is 8.84. The van der Waals surface area contributed by atoms with E-state index in [-0.39, 0.29) is 12.0 Å². The van der Waals surface area contributed by atoms with E-state index in [4.69, 9.17) is 16.4 Å². The van der Waals surface area contributed by atoms with Crippen LogP contribution in [0, 0.1) is 0 Å². The predicted octanol–water partition coefficient (Wildman–Crippen LogP) is 4.27. The van der Waals surface area contributed by atoms with Gasteiger partial charge in [-0.1, -0.05) is 66.1 Å². The topological polar surface area (TPSA) is 41.9 Å². The van der Waals surface area contributed by atoms with Crippen LogP contribution in [-0.4, -0.2) is 29.2 Å². The van der Waals surface area contributed by atoms with Crippen molar-refractivity contribution in [2.75, 3.05) is 6.54 Å². The molecule has 3 rings (SSSR count). The number of benzene rings is 2. The maximum absolute atomic E-state index is 12.3. The van der Waals surface area contributed by atoms with Crippen LogP contribution in [0.4, 0.5) is 0 Å². The summed E-state index contributed by atoms with van der Waals surface area (Å²) >= 11 is 6.05. The van der Waals surface area contributed by atoms with Gasteiger partial charge in [-0.05, 0) is 23.3 Å². The molecule has 1 atom stereocenters. The van der Waals surface area contributed by atoms with Gasteiger partial charge in [0.05, 0.1) is 12.3 Å². The second-order valence-electron chi connectivity index (χ2n) is 6.09. The minimum Gasteiger partial charge on any atom is -0.390 e. The summed E-state index contributed by atoms with van der Waals surface area (Å²) in [5.74, 6) is 0.0942. The van der Waals surface area contributed by atoms with E-state index in [1.54, 1.807) is 0 Å². The molecule has 4 nitrogen and oxygen atoms in total. The Bertz CT molecular complexity index is 761. The van der Waals surface area contributed by atoms with E-state index in [2.05, 4.69) is 5.16 Å². The van der Waals surface area contributed by atoms with Gasteiger partial charge in [-0.25, -0.2) is 0 Å². The number of carbonyl (C=O) groups is 1. The summed E-state index contributed by atoms with van der Waals surface area (Å²) in [5.41, 5.74) is 3.00. The second kappa shape index (κ2) is 8.17. The fourth-order valence-electron chi connectivity index (χ4n) is 2.91. The predicted molar refractivity (Wildman–Crippen MR) is 99.6 cm³/mol. The third-order valence-electron chi connectivity index (χ3n) is 4.18. The Balaban J connectivity index is 1.65. The number of hydrogen-bond donors (Lipinski definition) is 0. The second-order valence-corrected chi connectivity index (χ2v) is 6.53.